The third-order valence-corrected chi connectivity index (χ3v) is 4.25. The normalized spacial score (nSPS) is 15.2. The van der Waals surface area contributed by atoms with E-state index in [1.165, 1.54) is 0 Å². The van der Waals surface area contributed by atoms with Crippen LogP contribution in [0.4, 0.5) is 4.79 Å². The van der Waals surface area contributed by atoms with Crippen LogP contribution in [0.1, 0.15) is 30.9 Å². The third kappa shape index (κ3) is 4.96. The number of nitrogens with zero attached hydrogens (tertiary/aromatic N) is 1. The van der Waals surface area contributed by atoms with Gasteiger partial charge in [0.2, 0.25) is 0 Å². The monoisotopic (exact) mass is 334 g/mol. The largest absolute Gasteiger partial charge is 0.466 e. The van der Waals surface area contributed by atoms with Gasteiger partial charge in [-0.25, -0.2) is 4.79 Å². The number of carbonyl (C=O) groups is 2. The highest BCUT2D eigenvalue weighted by molar-refractivity contribution is 5.76. The molecule has 1 aromatic carbocycles. The molecular formula is C18H26N2O4. The zero-order valence-corrected chi connectivity index (χ0v) is 14.4. The quantitative estimate of drug-likeness (QED) is 0.811. The molecule has 0 spiro atoms. The summed E-state index contributed by atoms with van der Waals surface area (Å²) in [6.07, 6.45) is 1.32. The summed E-state index contributed by atoms with van der Waals surface area (Å²) in [5, 5.41) is 2.95. The van der Waals surface area contributed by atoms with E-state index in [0.717, 1.165) is 11.1 Å². The van der Waals surface area contributed by atoms with Crippen LogP contribution in [0.5, 0.6) is 0 Å². The summed E-state index contributed by atoms with van der Waals surface area (Å²) >= 11 is 0. The second kappa shape index (κ2) is 9.27. The highest BCUT2D eigenvalue weighted by Gasteiger charge is 2.28. The number of urea groups is 1. The molecule has 1 fully saturated rings. The summed E-state index contributed by atoms with van der Waals surface area (Å²) in [5.41, 5.74) is 2.12. The number of hydrogen-bond acceptors (Lipinski definition) is 4. The molecule has 0 atom stereocenters. The molecule has 1 heterocycles. The SMILES string of the molecule is CCOC(=O)C1CCN(C(=O)NCc2ccccc2COC)CC1. The van der Waals surface area contributed by atoms with Gasteiger partial charge in [0.15, 0.2) is 0 Å². The van der Waals surface area contributed by atoms with Crippen LogP contribution in [0.3, 0.4) is 0 Å². The van der Waals surface area contributed by atoms with Crippen LogP contribution in [0, 0.1) is 5.92 Å². The number of amides is 2. The van der Waals surface area contributed by atoms with Crippen LogP contribution < -0.4 is 5.32 Å². The lowest BCUT2D eigenvalue weighted by Gasteiger charge is -2.31. The van der Waals surface area contributed by atoms with E-state index in [-0.39, 0.29) is 17.9 Å². The molecule has 6 heteroatoms. The third-order valence-electron chi connectivity index (χ3n) is 4.25. The Hall–Kier alpha value is -2.08. The standard InChI is InChI=1S/C18H26N2O4/c1-3-24-17(21)14-8-10-20(11-9-14)18(22)19-12-15-6-4-5-7-16(15)13-23-2/h4-7,14H,3,8-13H2,1-2H3,(H,19,22). The summed E-state index contributed by atoms with van der Waals surface area (Å²) in [7, 11) is 1.66. The van der Waals surface area contributed by atoms with E-state index in [1.807, 2.05) is 31.2 Å². The van der Waals surface area contributed by atoms with E-state index in [1.54, 1.807) is 12.0 Å². The van der Waals surface area contributed by atoms with Crippen LogP contribution >= 0.6 is 0 Å². The van der Waals surface area contributed by atoms with Crippen LogP contribution in [0.25, 0.3) is 0 Å². The van der Waals surface area contributed by atoms with Crippen molar-refractivity contribution in [3.8, 4) is 0 Å². The number of esters is 1. The minimum Gasteiger partial charge on any atom is -0.466 e. The lowest BCUT2D eigenvalue weighted by molar-refractivity contribution is -0.149. The molecule has 0 radical (unpaired) electrons. The van der Waals surface area contributed by atoms with Gasteiger partial charge in [-0.3, -0.25) is 4.79 Å². The molecule has 0 unspecified atom stereocenters. The van der Waals surface area contributed by atoms with E-state index < -0.39 is 0 Å². The molecule has 0 bridgehead atoms. The van der Waals surface area contributed by atoms with Crippen molar-refractivity contribution in [1.82, 2.24) is 10.2 Å². The predicted molar refractivity (Wildman–Crippen MR) is 90.3 cm³/mol. The Labute approximate surface area is 143 Å². The fraction of sp³-hybridized carbons (Fsp3) is 0.556. The molecule has 1 aliphatic rings. The molecule has 0 saturated carbocycles. The second-order valence-corrected chi connectivity index (χ2v) is 5.87. The number of piperidine rings is 1. The number of methoxy groups -OCH3 is 1. The molecule has 0 aromatic heterocycles. The molecule has 0 aliphatic carbocycles. The van der Waals surface area contributed by atoms with Gasteiger partial charge in [-0.15, -0.1) is 0 Å². The van der Waals surface area contributed by atoms with Crippen molar-refractivity contribution in [2.75, 3.05) is 26.8 Å². The Balaban J connectivity index is 1.81. The molecule has 1 N–H and O–H groups in total. The number of rotatable bonds is 6. The first-order chi connectivity index (χ1) is 11.7. The van der Waals surface area contributed by atoms with Gasteiger partial charge in [0.25, 0.3) is 0 Å². The van der Waals surface area contributed by atoms with E-state index in [9.17, 15) is 9.59 Å². The highest BCUT2D eigenvalue weighted by atomic mass is 16.5. The number of likely N-dealkylation sites (tertiary alicyclic amines) is 1. The van der Waals surface area contributed by atoms with Crippen LogP contribution in [-0.2, 0) is 27.4 Å². The van der Waals surface area contributed by atoms with Gasteiger partial charge < -0.3 is 19.7 Å². The molecule has 6 nitrogen and oxygen atoms in total. The first-order valence-electron chi connectivity index (χ1n) is 8.40. The van der Waals surface area contributed by atoms with Gasteiger partial charge in [-0.2, -0.15) is 0 Å². The van der Waals surface area contributed by atoms with Gasteiger partial charge in [0.1, 0.15) is 0 Å². The molecule has 1 aromatic rings. The first-order valence-corrected chi connectivity index (χ1v) is 8.40. The number of nitrogens with one attached hydrogen (secondary N) is 1. The lowest BCUT2D eigenvalue weighted by Crippen LogP contribution is -2.45. The molecule has 1 aliphatic heterocycles. The maximum atomic E-state index is 12.3. The van der Waals surface area contributed by atoms with Crippen molar-refractivity contribution in [2.24, 2.45) is 5.92 Å². The van der Waals surface area contributed by atoms with E-state index in [4.69, 9.17) is 9.47 Å². The van der Waals surface area contributed by atoms with Crippen LogP contribution in [-0.4, -0.2) is 43.7 Å². The Morgan fingerprint density at radius 2 is 1.88 bits per heavy atom. The summed E-state index contributed by atoms with van der Waals surface area (Å²) < 4.78 is 10.2. The zero-order chi connectivity index (χ0) is 17.4. The fourth-order valence-electron chi connectivity index (χ4n) is 2.89. The summed E-state index contributed by atoms with van der Waals surface area (Å²) in [5.74, 6) is -0.234. The predicted octanol–water partition coefficient (Wildman–Crippen LogP) is 2.32. The fourth-order valence-corrected chi connectivity index (χ4v) is 2.89. The van der Waals surface area contributed by atoms with Crippen LogP contribution in [0.2, 0.25) is 0 Å². The van der Waals surface area contributed by atoms with Crippen molar-refractivity contribution < 1.29 is 19.1 Å². The average Bonchev–Trinajstić information content (AvgIpc) is 2.61. The average molecular weight is 334 g/mol. The minimum atomic E-state index is -0.147. The highest BCUT2D eigenvalue weighted by Crippen LogP contribution is 2.19. The van der Waals surface area contributed by atoms with Gasteiger partial charge in [0, 0.05) is 26.7 Å². The molecule has 24 heavy (non-hydrogen) atoms. The van der Waals surface area contributed by atoms with Crippen molar-refractivity contribution >= 4 is 12.0 Å². The summed E-state index contributed by atoms with van der Waals surface area (Å²) in [4.78, 5) is 25.8. The Bertz CT molecular complexity index is 554. The number of carbonyl (C=O) groups excluding carboxylic acids is 2. The van der Waals surface area contributed by atoms with E-state index >= 15 is 0 Å². The zero-order valence-electron chi connectivity index (χ0n) is 14.4. The summed E-state index contributed by atoms with van der Waals surface area (Å²) in [6, 6.07) is 7.80. The van der Waals surface area contributed by atoms with Crippen molar-refractivity contribution in [3.63, 3.8) is 0 Å². The Morgan fingerprint density at radius 3 is 2.50 bits per heavy atom. The van der Waals surface area contributed by atoms with Gasteiger partial charge >= 0.3 is 12.0 Å². The van der Waals surface area contributed by atoms with Gasteiger partial charge in [0.05, 0.1) is 19.1 Å². The maximum Gasteiger partial charge on any atom is 0.317 e. The van der Waals surface area contributed by atoms with E-state index in [2.05, 4.69) is 5.32 Å². The maximum absolute atomic E-state index is 12.3. The van der Waals surface area contributed by atoms with Gasteiger partial charge in [-0.1, -0.05) is 24.3 Å². The number of ether oxygens (including phenoxy) is 2. The second-order valence-electron chi connectivity index (χ2n) is 5.87. The van der Waals surface area contributed by atoms with Crippen molar-refractivity contribution in [1.29, 1.82) is 0 Å². The van der Waals surface area contributed by atoms with Crippen LogP contribution in [0.15, 0.2) is 24.3 Å². The molecule has 2 rings (SSSR count). The summed E-state index contributed by atoms with van der Waals surface area (Å²) in [6.45, 7) is 4.36. The smallest absolute Gasteiger partial charge is 0.317 e. The van der Waals surface area contributed by atoms with Crippen molar-refractivity contribution in [3.05, 3.63) is 35.4 Å². The van der Waals surface area contributed by atoms with Crippen molar-refractivity contribution in [2.45, 2.75) is 32.9 Å². The molecule has 2 amide bonds. The molecular weight excluding hydrogens is 308 g/mol. The van der Waals surface area contributed by atoms with Gasteiger partial charge in [-0.05, 0) is 30.9 Å². The number of benzene rings is 1. The van der Waals surface area contributed by atoms with E-state index in [0.29, 0.717) is 45.7 Å². The lowest BCUT2D eigenvalue weighted by atomic mass is 9.97. The molecule has 132 valence electrons. The Morgan fingerprint density at radius 1 is 1.21 bits per heavy atom. The minimum absolute atomic E-state index is 0.0866. The Kier molecular flexibility index (Phi) is 7.06. The number of hydrogen-bond donors (Lipinski definition) is 1. The first kappa shape index (κ1) is 18.3. The topological polar surface area (TPSA) is 67.9 Å². The molecule has 1 saturated heterocycles.